The maximum atomic E-state index is 12.5. The predicted octanol–water partition coefficient (Wildman–Crippen LogP) is 3.77. The molecule has 28 heavy (non-hydrogen) atoms. The maximum absolute atomic E-state index is 12.5. The molecule has 0 aliphatic rings. The van der Waals surface area contributed by atoms with Gasteiger partial charge in [-0.3, -0.25) is 4.79 Å². The minimum Gasteiger partial charge on any atom is -0.457 e. The summed E-state index contributed by atoms with van der Waals surface area (Å²) in [7, 11) is 1.59. The summed E-state index contributed by atoms with van der Waals surface area (Å²) in [6.45, 7) is 1.71. The van der Waals surface area contributed by atoms with Gasteiger partial charge in [-0.05, 0) is 42.0 Å². The Hall–Kier alpha value is -2.29. The van der Waals surface area contributed by atoms with E-state index in [-0.39, 0.29) is 24.9 Å². The number of carbonyl (C=O) groups excluding carboxylic acids is 1. The number of halogens is 4. The zero-order valence-corrected chi connectivity index (χ0v) is 16.0. The third-order valence-corrected chi connectivity index (χ3v) is 3.60. The number of benzene rings is 2. The fraction of sp³-hybridized carbons (Fsp3) is 0.316. The van der Waals surface area contributed by atoms with Crippen LogP contribution in [0.1, 0.15) is 11.1 Å². The number of nitrogens with one attached hydrogen (secondary N) is 2. The molecule has 2 N–H and O–H groups in total. The van der Waals surface area contributed by atoms with Gasteiger partial charge in [0, 0.05) is 20.2 Å². The molecule has 0 aliphatic heterocycles. The molecule has 0 saturated carbocycles. The van der Waals surface area contributed by atoms with Crippen molar-refractivity contribution in [2.24, 2.45) is 0 Å². The lowest BCUT2D eigenvalue weighted by molar-refractivity contribution is -0.137. The zero-order chi connectivity index (χ0) is 19.7. The lowest BCUT2D eigenvalue weighted by Crippen LogP contribution is -2.34. The van der Waals surface area contributed by atoms with E-state index in [9.17, 15) is 18.0 Å². The van der Waals surface area contributed by atoms with Gasteiger partial charge in [0.1, 0.15) is 11.5 Å². The minimum absolute atomic E-state index is 0. The van der Waals surface area contributed by atoms with Crippen LogP contribution in [0.4, 0.5) is 13.2 Å². The van der Waals surface area contributed by atoms with Crippen molar-refractivity contribution >= 4 is 18.3 Å². The van der Waals surface area contributed by atoms with Crippen molar-refractivity contribution in [3.8, 4) is 11.5 Å². The second-order valence-electron chi connectivity index (χ2n) is 5.71. The lowest BCUT2D eigenvalue weighted by atomic mass is 10.2. The second kappa shape index (κ2) is 11.5. The molecule has 154 valence electrons. The van der Waals surface area contributed by atoms with Gasteiger partial charge in [0.15, 0.2) is 0 Å². The van der Waals surface area contributed by atoms with E-state index in [1.807, 2.05) is 0 Å². The topological polar surface area (TPSA) is 59.6 Å². The normalized spacial score (nSPS) is 10.9. The number of methoxy groups -OCH3 is 1. The van der Waals surface area contributed by atoms with Gasteiger partial charge in [0.2, 0.25) is 5.91 Å². The molecular weight excluding hydrogens is 397 g/mol. The van der Waals surface area contributed by atoms with Crippen LogP contribution in [0.25, 0.3) is 0 Å². The molecule has 0 atom stereocenters. The highest BCUT2D eigenvalue weighted by Gasteiger charge is 2.30. The molecule has 0 saturated heterocycles. The molecule has 5 nitrogen and oxygen atoms in total. The standard InChI is InChI=1S/C19H21F3N2O3.ClH/c1-26-11-10-23-13-18(25)24-12-14-2-6-16(7-3-14)27-17-8-4-15(5-9-17)19(20,21)22;/h2-9,23H,10-13H2,1H3,(H,24,25);1H. The Morgan fingerprint density at radius 3 is 2.11 bits per heavy atom. The Labute approximate surface area is 167 Å². The Balaban J connectivity index is 0.00000392. The Morgan fingerprint density at radius 2 is 1.57 bits per heavy atom. The smallest absolute Gasteiger partial charge is 0.416 e. The maximum Gasteiger partial charge on any atom is 0.416 e. The van der Waals surface area contributed by atoms with Crippen LogP contribution in [0.5, 0.6) is 11.5 Å². The van der Waals surface area contributed by atoms with Crippen LogP contribution in [-0.4, -0.2) is 32.7 Å². The van der Waals surface area contributed by atoms with E-state index in [4.69, 9.17) is 9.47 Å². The Morgan fingerprint density at radius 1 is 1.00 bits per heavy atom. The van der Waals surface area contributed by atoms with E-state index in [2.05, 4.69) is 10.6 Å². The average molecular weight is 419 g/mol. The first-order chi connectivity index (χ1) is 12.9. The highest BCUT2D eigenvalue weighted by atomic mass is 35.5. The molecule has 0 unspecified atom stereocenters. The monoisotopic (exact) mass is 418 g/mol. The van der Waals surface area contributed by atoms with Gasteiger partial charge in [0.25, 0.3) is 0 Å². The van der Waals surface area contributed by atoms with Gasteiger partial charge in [-0.1, -0.05) is 12.1 Å². The zero-order valence-electron chi connectivity index (χ0n) is 15.2. The molecule has 2 aromatic carbocycles. The number of carbonyl (C=O) groups is 1. The SMILES string of the molecule is COCCNCC(=O)NCc1ccc(Oc2ccc(C(F)(F)F)cc2)cc1.Cl. The van der Waals surface area contributed by atoms with E-state index in [0.29, 0.717) is 31.2 Å². The van der Waals surface area contributed by atoms with Crippen LogP contribution >= 0.6 is 12.4 Å². The summed E-state index contributed by atoms with van der Waals surface area (Å²) in [5.74, 6) is 0.674. The van der Waals surface area contributed by atoms with Crippen molar-refractivity contribution in [2.45, 2.75) is 12.7 Å². The molecule has 0 aromatic heterocycles. The molecule has 0 spiro atoms. The van der Waals surface area contributed by atoms with E-state index in [0.717, 1.165) is 17.7 Å². The molecule has 0 radical (unpaired) electrons. The van der Waals surface area contributed by atoms with Crippen LogP contribution in [0, 0.1) is 0 Å². The number of ether oxygens (including phenoxy) is 2. The van der Waals surface area contributed by atoms with Gasteiger partial charge >= 0.3 is 6.18 Å². The Kier molecular flexibility index (Phi) is 9.78. The minimum atomic E-state index is -4.37. The Bertz CT molecular complexity index is 723. The summed E-state index contributed by atoms with van der Waals surface area (Å²) < 4.78 is 48.0. The van der Waals surface area contributed by atoms with Crippen LogP contribution in [0.3, 0.4) is 0 Å². The second-order valence-corrected chi connectivity index (χ2v) is 5.71. The van der Waals surface area contributed by atoms with E-state index in [1.54, 1.807) is 31.4 Å². The number of amides is 1. The fourth-order valence-electron chi connectivity index (χ4n) is 2.16. The summed E-state index contributed by atoms with van der Waals surface area (Å²) >= 11 is 0. The summed E-state index contributed by atoms with van der Waals surface area (Å²) in [4.78, 5) is 11.7. The largest absolute Gasteiger partial charge is 0.457 e. The number of rotatable bonds is 9. The van der Waals surface area contributed by atoms with Crippen LogP contribution in [-0.2, 0) is 22.3 Å². The predicted molar refractivity (Wildman–Crippen MR) is 102 cm³/mol. The molecule has 0 fully saturated rings. The average Bonchev–Trinajstić information content (AvgIpc) is 2.64. The molecule has 0 heterocycles. The molecule has 0 bridgehead atoms. The van der Waals surface area contributed by atoms with Crippen molar-refractivity contribution in [3.63, 3.8) is 0 Å². The molecule has 2 rings (SSSR count). The number of alkyl halides is 3. The van der Waals surface area contributed by atoms with Gasteiger partial charge in [-0.25, -0.2) is 0 Å². The van der Waals surface area contributed by atoms with Crippen molar-refractivity contribution in [3.05, 3.63) is 59.7 Å². The molecule has 9 heteroatoms. The van der Waals surface area contributed by atoms with E-state index in [1.165, 1.54) is 12.1 Å². The summed E-state index contributed by atoms with van der Waals surface area (Å²) in [5.41, 5.74) is 0.151. The van der Waals surface area contributed by atoms with Crippen molar-refractivity contribution in [1.29, 1.82) is 0 Å². The third kappa shape index (κ3) is 8.16. The highest BCUT2D eigenvalue weighted by molar-refractivity contribution is 5.85. The van der Waals surface area contributed by atoms with E-state index < -0.39 is 11.7 Å². The van der Waals surface area contributed by atoms with Crippen molar-refractivity contribution < 1.29 is 27.4 Å². The van der Waals surface area contributed by atoms with Gasteiger partial charge in [0.05, 0.1) is 18.7 Å². The molecule has 0 aliphatic carbocycles. The fourth-order valence-corrected chi connectivity index (χ4v) is 2.16. The van der Waals surface area contributed by atoms with Crippen LogP contribution in [0.15, 0.2) is 48.5 Å². The number of hydrogen-bond donors (Lipinski definition) is 2. The first kappa shape index (κ1) is 23.7. The van der Waals surface area contributed by atoms with Gasteiger partial charge in [-0.2, -0.15) is 13.2 Å². The third-order valence-electron chi connectivity index (χ3n) is 3.60. The summed E-state index contributed by atoms with van der Waals surface area (Å²) in [6.07, 6.45) is -4.37. The molecular formula is C19H22ClF3N2O3. The van der Waals surface area contributed by atoms with Crippen LogP contribution < -0.4 is 15.4 Å². The summed E-state index contributed by atoms with van der Waals surface area (Å²) in [5, 5.41) is 5.72. The lowest BCUT2D eigenvalue weighted by Gasteiger charge is -2.10. The van der Waals surface area contributed by atoms with Crippen molar-refractivity contribution in [2.75, 3.05) is 26.8 Å². The van der Waals surface area contributed by atoms with Gasteiger partial charge in [-0.15, -0.1) is 12.4 Å². The summed E-state index contributed by atoms with van der Waals surface area (Å²) in [6, 6.07) is 11.4. The van der Waals surface area contributed by atoms with E-state index >= 15 is 0 Å². The highest BCUT2D eigenvalue weighted by Crippen LogP contribution is 2.31. The number of hydrogen-bond acceptors (Lipinski definition) is 4. The quantitative estimate of drug-likeness (QED) is 0.609. The first-order valence-electron chi connectivity index (χ1n) is 8.29. The van der Waals surface area contributed by atoms with Gasteiger partial charge < -0.3 is 20.1 Å². The van der Waals surface area contributed by atoms with Crippen molar-refractivity contribution in [1.82, 2.24) is 10.6 Å². The molecule has 1 amide bonds. The van der Waals surface area contributed by atoms with Crippen LogP contribution in [0.2, 0.25) is 0 Å². The molecule has 2 aromatic rings. The first-order valence-corrected chi connectivity index (χ1v) is 8.29.